The van der Waals surface area contributed by atoms with Crippen molar-refractivity contribution < 1.29 is 14.2 Å². The Morgan fingerprint density at radius 3 is 2.75 bits per heavy atom. The second-order valence-electron chi connectivity index (χ2n) is 11.5. The quantitative estimate of drug-likeness (QED) is 0.495. The number of hydrogen-bond acceptors (Lipinski definition) is 9. The van der Waals surface area contributed by atoms with Crippen molar-refractivity contribution in [3.8, 4) is 11.9 Å². The highest BCUT2D eigenvalue weighted by molar-refractivity contribution is 5.60. The van der Waals surface area contributed by atoms with E-state index >= 15 is 4.39 Å². The van der Waals surface area contributed by atoms with Crippen molar-refractivity contribution >= 4 is 5.82 Å². The van der Waals surface area contributed by atoms with Gasteiger partial charge in [0.2, 0.25) is 5.88 Å². The van der Waals surface area contributed by atoms with Gasteiger partial charge in [0, 0.05) is 49.9 Å². The highest BCUT2D eigenvalue weighted by Crippen LogP contribution is 2.42. The molecule has 40 heavy (non-hydrogen) atoms. The molecule has 0 aromatic carbocycles. The first kappa shape index (κ1) is 26.8. The van der Waals surface area contributed by atoms with Gasteiger partial charge in [0.05, 0.1) is 0 Å². The predicted molar refractivity (Wildman–Crippen MR) is 150 cm³/mol. The summed E-state index contributed by atoms with van der Waals surface area (Å²) in [6.07, 6.45) is 12.3. The Morgan fingerprint density at radius 1 is 1.23 bits per heavy atom. The van der Waals surface area contributed by atoms with E-state index in [2.05, 4.69) is 43.5 Å². The summed E-state index contributed by atoms with van der Waals surface area (Å²) >= 11 is 0. The van der Waals surface area contributed by atoms with Crippen LogP contribution < -0.4 is 15.4 Å². The van der Waals surface area contributed by atoms with Gasteiger partial charge in [0.1, 0.15) is 18.6 Å². The van der Waals surface area contributed by atoms with Crippen molar-refractivity contribution in [1.82, 2.24) is 25.1 Å². The normalized spacial score (nSPS) is 27.9. The van der Waals surface area contributed by atoms with E-state index in [0.29, 0.717) is 36.7 Å². The van der Waals surface area contributed by atoms with Crippen molar-refractivity contribution in [2.75, 3.05) is 38.5 Å². The Labute approximate surface area is 234 Å². The lowest BCUT2D eigenvalue weighted by molar-refractivity contribution is 0.00134. The molecule has 0 amide bonds. The molecule has 4 atom stereocenters. The Morgan fingerprint density at radius 2 is 2.02 bits per heavy atom. The maximum Gasteiger partial charge on any atom is 0.242 e. The summed E-state index contributed by atoms with van der Waals surface area (Å²) in [6, 6.07) is 2.90. The predicted octanol–water partition coefficient (Wildman–Crippen LogP) is 3.52. The Bertz CT molecular complexity index is 1360. The van der Waals surface area contributed by atoms with Gasteiger partial charge in [-0.05, 0) is 69.4 Å². The van der Waals surface area contributed by atoms with Crippen molar-refractivity contribution in [3.05, 3.63) is 70.2 Å². The molecule has 3 aliphatic heterocycles. The van der Waals surface area contributed by atoms with Crippen LogP contribution >= 0.6 is 0 Å². The monoisotopic (exact) mass is 545 g/mol. The first-order valence-corrected chi connectivity index (χ1v) is 14.1. The van der Waals surface area contributed by atoms with Crippen LogP contribution in [0, 0.1) is 17.2 Å². The molecule has 2 fully saturated rings. The first-order valence-electron chi connectivity index (χ1n) is 14.1. The number of aromatic nitrogens is 2. The fraction of sp³-hybridized carbons (Fsp3) is 0.500. The molecule has 4 heterocycles. The molecule has 1 aromatic rings. The molecule has 0 radical (unpaired) electrons. The van der Waals surface area contributed by atoms with E-state index in [1.165, 1.54) is 6.33 Å². The van der Waals surface area contributed by atoms with Gasteiger partial charge in [-0.25, -0.2) is 14.4 Å². The Hall–Kier alpha value is -3.36. The molecular weight excluding hydrogens is 509 g/mol. The number of nitrogens with one attached hydrogen (secondary N) is 2. The summed E-state index contributed by atoms with van der Waals surface area (Å²) < 4.78 is 21.7. The van der Waals surface area contributed by atoms with E-state index in [1.807, 2.05) is 25.2 Å². The summed E-state index contributed by atoms with van der Waals surface area (Å²) in [5.74, 6) is 0.0976. The molecule has 4 unspecified atom stereocenters. The molecule has 3 N–H and O–H groups in total. The zero-order chi connectivity index (χ0) is 27.8. The van der Waals surface area contributed by atoms with Crippen LogP contribution in [0.3, 0.4) is 0 Å². The zero-order valence-electron chi connectivity index (χ0n) is 23.0. The van der Waals surface area contributed by atoms with E-state index < -0.39 is 12.1 Å². The molecule has 2 saturated heterocycles. The van der Waals surface area contributed by atoms with Crippen molar-refractivity contribution in [2.24, 2.45) is 5.92 Å². The van der Waals surface area contributed by atoms with Crippen LogP contribution in [0.1, 0.15) is 44.6 Å². The molecule has 7 rings (SSSR count). The molecule has 10 heteroatoms. The standard InChI is InChI=1S/C30H36FN7O2/c1-18-13-21-15-25(35-21)22-7-8-26(27(31)23(22)14-18)40-29-24(16-32)28(33-17-34-29)36-20-5-3-19(4-6-20)30(39)38-11-9-37(2)10-12-38/h3,5,8,14,17,21-22,25,30,35,39H,4,6-7,9-13,15H2,1-2H3,(H,33,34,36). The molecule has 9 nitrogen and oxygen atoms in total. The minimum Gasteiger partial charge on any atom is -0.435 e. The topological polar surface area (TPSA) is 110 Å². The molecular formula is C30H36FN7O2. The molecule has 6 aliphatic rings. The van der Waals surface area contributed by atoms with Crippen LogP contribution in [-0.4, -0.2) is 76.4 Å². The number of ether oxygens (including phenoxy) is 1. The summed E-state index contributed by atoms with van der Waals surface area (Å²) in [5, 5.41) is 27.6. The molecule has 0 spiro atoms. The number of aliphatic hydroxyl groups is 1. The van der Waals surface area contributed by atoms with E-state index in [4.69, 9.17) is 4.74 Å². The maximum absolute atomic E-state index is 15.7. The van der Waals surface area contributed by atoms with Crippen LogP contribution in [0.15, 0.2) is 64.6 Å². The van der Waals surface area contributed by atoms with E-state index in [9.17, 15) is 10.4 Å². The van der Waals surface area contributed by atoms with Gasteiger partial charge >= 0.3 is 0 Å². The van der Waals surface area contributed by atoms with Crippen LogP contribution in [0.5, 0.6) is 5.88 Å². The van der Waals surface area contributed by atoms with Crippen LogP contribution in [-0.2, 0) is 0 Å². The lowest BCUT2D eigenvalue weighted by atomic mass is 9.73. The minimum absolute atomic E-state index is 0.0203. The number of rotatable bonds is 6. The lowest BCUT2D eigenvalue weighted by Crippen LogP contribution is -2.57. The van der Waals surface area contributed by atoms with Gasteiger partial charge in [0.25, 0.3) is 0 Å². The lowest BCUT2D eigenvalue weighted by Gasteiger charge is -2.45. The SMILES string of the molecule is CC1=CC2=C(F)C(Oc3ncnc(NC4=CC=C(C(O)N5CCN(C)CC5)CC4)c3C#N)=CCC2C2CC(C1)N2. The number of anilines is 1. The van der Waals surface area contributed by atoms with Crippen LogP contribution in [0.25, 0.3) is 0 Å². The van der Waals surface area contributed by atoms with Gasteiger partial charge < -0.3 is 25.4 Å². The van der Waals surface area contributed by atoms with Gasteiger partial charge in [-0.2, -0.15) is 5.26 Å². The van der Waals surface area contributed by atoms with Crippen molar-refractivity contribution in [2.45, 2.75) is 57.3 Å². The van der Waals surface area contributed by atoms with Gasteiger partial charge in [0.15, 0.2) is 23.0 Å². The summed E-state index contributed by atoms with van der Waals surface area (Å²) in [7, 11) is 2.09. The molecule has 0 saturated carbocycles. The third kappa shape index (κ3) is 5.34. The number of nitrogens with zero attached hydrogens (tertiary/aromatic N) is 5. The van der Waals surface area contributed by atoms with E-state index in [1.54, 1.807) is 6.08 Å². The number of fused-ring (bicyclic) bond motifs is 1. The number of piperazine rings is 1. The largest absolute Gasteiger partial charge is 0.435 e. The van der Waals surface area contributed by atoms with E-state index in [-0.39, 0.29) is 29.2 Å². The van der Waals surface area contributed by atoms with Crippen molar-refractivity contribution in [1.29, 1.82) is 5.26 Å². The number of nitriles is 1. The maximum atomic E-state index is 15.7. The summed E-state index contributed by atoms with van der Waals surface area (Å²) in [4.78, 5) is 12.8. The average molecular weight is 546 g/mol. The van der Waals surface area contributed by atoms with Crippen LogP contribution in [0.2, 0.25) is 0 Å². The zero-order valence-corrected chi connectivity index (χ0v) is 23.0. The molecule has 3 aliphatic carbocycles. The molecule has 210 valence electrons. The second kappa shape index (κ2) is 11.3. The minimum atomic E-state index is -0.592. The molecule has 1 aromatic heterocycles. The number of hydrogen-bond donors (Lipinski definition) is 3. The fourth-order valence-corrected chi connectivity index (χ4v) is 6.29. The Kier molecular flexibility index (Phi) is 7.55. The smallest absolute Gasteiger partial charge is 0.242 e. The number of aliphatic hydroxyl groups excluding tert-OH is 1. The van der Waals surface area contributed by atoms with E-state index in [0.717, 1.165) is 55.9 Å². The number of allylic oxidation sites excluding steroid dienone is 6. The number of likely N-dealkylation sites (N-methyl/N-ethyl adjacent to an activating group) is 1. The second-order valence-corrected chi connectivity index (χ2v) is 11.5. The van der Waals surface area contributed by atoms with Gasteiger partial charge in [-0.3, -0.25) is 4.90 Å². The third-order valence-electron chi connectivity index (χ3n) is 8.68. The van der Waals surface area contributed by atoms with Crippen LogP contribution in [0.4, 0.5) is 10.2 Å². The summed E-state index contributed by atoms with van der Waals surface area (Å²) in [6.45, 7) is 5.59. The number of halogens is 1. The van der Waals surface area contributed by atoms with Gasteiger partial charge in [-0.1, -0.05) is 17.7 Å². The van der Waals surface area contributed by atoms with Crippen molar-refractivity contribution in [3.63, 3.8) is 0 Å². The Balaban J connectivity index is 1.17. The average Bonchev–Trinajstić information content (AvgIpc) is 2.92. The summed E-state index contributed by atoms with van der Waals surface area (Å²) in [5.41, 5.74) is 3.76. The van der Waals surface area contributed by atoms with Gasteiger partial charge in [-0.15, -0.1) is 0 Å². The highest BCUT2D eigenvalue weighted by atomic mass is 19.1. The fourth-order valence-electron chi connectivity index (χ4n) is 6.29. The molecule has 2 bridgehead atoms. The first-order chi connectivity index (χ1) is 19.4. The third-order valence-corrected chi connectivity index (χ3v) is 8.68. The highest BCUT2D eigenvalue weighted by Gasteiger charge is 2.40.